The molecule has 0 bridgehead atoms. The van der Waals surface area contributed by atoms with E-state index in [1.165, 1.54) is 18.4 Å². The molecule has 0 spiro atoms. The van der Waals surface area contributed by atoms with Crippen LogP contribution in [0.4, 0.5) is 0 Å². The quantitative estimate of drug-likeness (QED) is 0.691. The number of aromatic nitrogens is 1. The summed E-state index contributed by atoms with van der Waals surface area (Å²) in [6, 6.07) is 6.79. The zero-order valence-corrected chi connectivity index (χ0v) is 12.1. The number of rotatable bonds is 4. The number of carbonyl (C=O) groups excluding carboxylic acids is 2. The van der Waals surface area contributed by atoms with Crippen LogP contribution < -0.4 is 5.32 Å². The van der Waals surface area contributed by atoms with Gasteiger partial charge in [0.05, 0.1) is 12.7 Å². The Kier molecular flexibility index (Phi) is 4.69. The number of ether oxygens (including phenoxy) is 1. The lowest BCUT2D eigenvalue weighted by molar-refractivity contribution is 0.0600. The molecule has 1 aromatic heterocycles. The van der Waals surface area contributed by atoms with Crippen molar-refractivity contribution in [3.8, 4) is 12.3 Å². The van der Waals surface area contributed by atoms with Crippen molar-refractivity contribution in [1.82, 2.24) is 10.3 Å². The van der Waals surface area contributed by atoms with Crippen molar-refractivity contribution in [2.45, 2.75) is 6.54 Å². The van der Waals surface area contributed by atoms with Crippen LogP contribution in [0.25, 0.3) is 0 Å². The molecule has 106 valence electrons. The van der Waals surface area contributed by atoms with E-state index in [9.17, 15) is 9.59 Å². The van der Waals surface area contributed by atoms with Gasteiger partial charge < -0.3 is 10.1 Å². The summed E-state index contributed by atoms with van der Waals surface area (Å²) in [5.41, 5.74) is 1.63. The molecule has 0 unspecified atom stereocenters. The van der Waals surface area contributed by atoms with Crippen molar-refractivity contribution < 1.29 is 14.3 Å². The normalized spacial score (nSPS) is 9.71. The first-order chi connectivity index (χ1) is 10.1. The number of methoxy groups -OCH3 is 1. The number of nitrogens with one attached hydrogen (secondary N) is 1. The maximum atomic E-state index is 11.9. The molecule has 0 fully saturated rings. The lowest BCUT2D eigenvalue weighted by atomic mass is 10.1. The Bertz CT molecular complexity index is 698. The molecular formula is C15H12N2O3S. The monoisotopic (exact) mass is 300 g/mol. The predicted molar refractivity (Wildman–Crippen MR) is 79.0 cm³/mol. The van der Waals surface area contributed by atoms with E-state index in [0.29, 0.717) is 22.8 Å². The summed E-state index contributed by atoms with van der Waals surface area (Å²) in [6.07, 6.45) is 5.21. The number of hydrogen-bond acceptors (Lipinski definition) is 5. The van der Waals surface area contributed by atoms with Gasteiger partial charge in [0.15, 0.2) is 5.01 Å². The summed E-state index contributed by atoms with van der Waals surface area (Å²) in [6.45, 7) is 0.337. The minimum absolute atomic E-state index is 0.287. The number of hydrogen-bond donors (Lipinski definition) is 1. The molecule has 21 heavy (non-hydrogen) atoms. The van der Waals surface area contributed by atoms with E-state index in [-0.39, 0.29) is 5.91 Å². The minimum Gasteiger partial charge on any atom is -0.465 e. The average molecular weight is 300 g/mol. The Morgan fingerprint density at radius 1 is 1.38 bits per heavy atom. The van der Waals surface area contributed by atoms with Crippen molar-refractivity contribution in [2.75, 3.05) is 7.11 Å². The van der Waals surface area contributed by atoms with Crippen LogP contribution in [-0.2, 0) is 11.3 Å². The standard InChI is InChI=1S/C15H12N2O3S/c1-3-13-17-12(9-21-13)14(18)16-8-10-4-6-11(7-5-10)15(19)20-2/h1,4-7,9H,8H2,2H3,(H,16,18). The van der Waals surface area contributed by atoms with E-state index in [2.05, 4.69) is 21.0 Å². The van der Waals surface area contributed by atoms with Crippen LogP contribution in [0.5, 0.6) is 0 Å². The summed E-state index contributed by atoms with van der Waals surface area (Å²) in [7, 11) is 1.33. The maximum Gasteiger partial charge on any atom is 0.337 e. The van der Waals surface area contributed by atoms with E-state index in [1.807, 2.05) is 0 Å². The number of nitrogens with zero attached hydrogens (tertiary/aromatic N) is 1. The van der Waals surface area contributed by atoms with Gasteiger partial charge in [-0.2, -0.15) is 0 Å². The average Bonchev–Trinajstić information content (AvgIpc) is 3.01. The molecular weight excluding hydrogens is 288 g/mol. The molecule has 0 saturated carbocycles. The van der Waals surface area contributed by atoms with E-state index in [4.69, 9.17) is 6.42 Å². The lowest BCUT2D eigenvalue weighted by Crippen LogP contribution is -2.23. The van der Waals surface area contributed by atoms with E-state index in [0.717, 1.165) is 5.56 Å². The summed E-state index contributed by atoms with van der Waals surface area (Å²) >= 11 is 1.25. The highest BCUT2D eigenvalue weighted by atomic mass is 32.1. The fraction of sp³-hybridized carbons (Fsp3) is 0.133. The summed E-state index contributed by atoms with van der Waals surface area (Å²) in [4.78, 5) is 27.1. The molecule has 0 radical (unpaired) electrons. The van der Waals surface area contributed by atoms with Crippen LogP contribution in [0, 0.1) is 12.3 Å². The first-order valence-electron chi connectivity index (χ1n) is 6.01. The zero-order chi connectivity index (χ0) is 15.2. The van der Waals surface area contributed by atoms with Crippen molar-refractivity contribution in [2.24, 2.45) is 0 Å². The Labute approximate surface area is 126 Å². The van der Waals surface area contributed by atoms with Gasteiger partial charge in [-0.25, -0.2) is 9.78 Å². The molecule has 0 aliphatic carbocycles. The van der Waals surface area contributed by atoms with Crippen LogP contribution in [0.15, 0.2) is 29.6 Å². The highest BCUT2D eigenvalue weighted by Crippen LogP contribution is 2.09. The van der Waals surface area contributed by atoms with Crippen molar-refractivity contribution >= 4 is 23.2 Å². The second-order valence-electron chi connectivity index (χ2n) is 4.05. The van der Waals surface area contributed by atoms with Gasteiger partial charge in [0.2, 0.25) is 0 Å². The Morgan fingerprint density at radius 3 is 2.67 bits per heavy atom. The third kappa shape index (κ3) is 3.68. The molecule has 0 saturated heterocycles. The van der Waals surface area contributed by atoms with Crippen molar-refractivity contribution in [3.05, 3.63) is 51.5 Å². The molecule has 1 heterocycles. The van der Waals surface area contributed by atoms with Gasteiger partial charge in [-0.1, -0.05) is 12.1 Å². The molecule has 2 aromatic rings. The molecule has 1 aromatic carbocycles. The van der Waals surface area contributed by atoms with Gasteiger partial charge in [0.25, 0.3) is 5.91 Å². The molecule has 1 amide bonds. The van der Waals surface area contributed by atoms with Gasteiger partial charge >= 0.3 is 5.97 Å². The molecule has 5 nitrogen and oxygen atoms in total. The number of carbonyl (C=O) groups is 2. The van der Waals surface area contributed by atoms with E-state index >= 15 is 0 Å². The highest BCUT2D eigenvalue weighted by molar-refractivity contribution is 7.10. The molecule has 0 aliphatic rings. The topological polar surface area (TPSA) is 68.3 Å². The number of benzene rings is 1. The SMILES string of the molecule is C#Cc1nc(C(=O)NCc2ccc(C(=O)OC)cc2)cs1. The summed E-state index contributed by atoms with van der Waals surface area (Å²) in [5, 5.41) is 4.83. The largest absolute Gasteiger partial charge is 0.465 e. The smallest absolute Gasteiger partial charge is 0.337 e. The number of terminal acetylenes is 1. The third-order valence-electron chi connectivity index (χ3n) is 2.69. The Morgan fingerprint density at radius 2 is 2.10 bits per heavy atom. The van der Waals surface area contributed by atoms with Crippen molar-refractivity contribution in [3.63, 3.8) is 0 Å². The van der Waals surface area contributed by atoms with Gasteiger partial charge in [0.1, 0.15) is 5.69 Å². The zero-order valence-electron chi connectivity index (χ0n) is 11.3. The molecule has 1 N–H and O–H groups in total. The molecule has 0 atom stereocenters. The first-order valence-corrected chi connectivity index (χ1v) is 6.89. The van der Waals surface area contributed by atoms with Gasteiger partial charge in [-0.15, -0.1) is 17.8 Å². The molecule has 2 rings (SSSR count). The van der Waals surface area contributed by atoms with Crippen LogP contribution in [0.2, 0.25) is 0 Å². The summed E-state index contributed by atoms with van der Waals surface area (Å²) < 4.78 is 4.61. The fourth-order valence-electron chi connectivity index (χ4n) is 1.59. The van der Waals surface area contributed by atoms with Crippen molar-refractivity contribution in [1.29, 1.82) is 0 Å². The third-order valence-corrected chi connectivity index (χ3v) is 3.46. The van der Waals surface area contributed by atoms with Crippen LogP contribution in [-0.4, -0.2) is 24.0 Å². The summed E-state index contributed by atoms with van der Waals surface area (Å²) in [5.74, 6) is 1.70. The minimum atomic E-state index is -0.394. The van der Waals surface area contributed by atoms with Crippen LogP contribution in [0.3, 0.4) is 0 Å². The second kappa shape index (κ2) is 6.68. The number of amides is 1. The number of thiazole rings is 1. The maximum absolute atomic E-state index is 11.9. The van der Waals surface area contributed by atoms with Gasteiger partial charge in [0, 0.05) is 11.9 Å². The predicted octanol–water partition coefficient (Wildman–Crippen LogP) is 1.84. The Balaban J connectivity index is 1.95. The molecule has 6 heteroatoms. The second-order valence-corrected chi connectivity index (χ2v) is 4.91. The van der Waals surface area contributed by atoms with E-state index in [1.54, 1.807) is 29.6 Å². The Hall–Kier alpha value is -2.65. The van der Waals surface area contributed by atoms with Gasteiger partial charge in [-0.05, 0) is 23.6 Å². The van der Waals surface area contributed by atoms with Gasteiger partial charge in [-0.3, -0.25) is 4.79 Å². The van der Waals surface area contributed by atoms with E-state index < -0.39 is 5.97 Å². The number of esters is 1. The lowest BCUT2D eigenvalue weighted by Gasteiger charge is -2.04. The fourth-order valence-corrected chi connectivity index (χ4v) is 2.20. The highest BCUT2D eigenvalue weighted by Gasteiger charge is 2.10. The van der Waals surface area contributed by atoms with Crippen LogP contribution in [0.1, 0.15) is 31.4 Å². The molecule has 0 aliphatic heterocycles. The first kappa shape index (κ1) is 14.8. The van der Waals surface area contributed by atoms with Crippen LogP contribution >= 0.6 is 11.3 Å².